The van der Waals surface area contributed by atoms with Crippen LogP contribution in [0.1, 0.15) is 40.4 Å². The number of carbonyl (C=O) groups is 1. The van der Waals surface area contributed by atoms with E-state index in [1.807, 2.05) is 43.3 Å². The van der Waals surface area contributed by atoms with Gasteiger partial charge in [-0.25, -0.2) is 0 Å². The molecule has 0 aromatic heterocycles. The average Bonchev–Trinajstić information content (AvgIpc) is 2.45. The van der Waals surface area contributed by atoms with Crippen LogP contribution in [0.4, 0.5) is 0 Å². The molecule has 0 spiro atoms. The van der Waals surface area contributed by atoms with E-state index in [1.165, 1.54) is 0 Å². The Kier molecular flexibility index (Phi) is 5.63. The van der Waals surface area contributed by atoms with E-state index < -0.39 is 5.97 Å². The fourth-order valence-corrected chi connectivity index (χ4v) is 2.74. The van der Waals surface area contributed by atoms with Crippen LogP contribution in [0.2, 0.25) is 0 Å². The Hall–Kier alpha value is -0.654. The molecular formula is C17H15KO3. The van der Waals surface area contributed by atoms with Crippen molar-refractivity contribution in [3.8, 4) is 11.5 Å². The molecule has 102 valence electrons. The van der Waals surface area contributed by atoms with Crippen molar-refractivity contribution in [3.05, 3.63) is 58.7 Å². The molecule has 21 heavy (non-hydrogen) atoms. The number of carboxylic acid groups (broad SMARTS) is 1. The number of hydrogen-bond donors (Lipinski definition) is 0. The van der Waals surface area contributed by atoms with Gasteiger partial charge in [-0.15, -0.1) is 0 Å². The summed E-state index contributed by atoms with van der Waals surface area (Å²) < 4.78 is 5.81. The molecule has 0 N–H and O–H groups in total. The summed E-state index contributed by atoms with van der Waals surface area (Å²) in [5.41, 5.74) is 2.87. The monoisotopic (exact) mass is 306 g/mol. The Bertz CT molecular complexity index is 680. The molecule has 2 aromatic carbocycles. The Labute approximate surface area is 166 Å². The van der Waals surface area contributed by atoms with E-state index in [0.29, 0.717) is 17.7 Å². The van der Waals surface area contributed by atoms with E-state index in [-0.39, 0.29) is 51.4 Å². The van der Waals surface area contributed by atoms with Crippen molar-refractivity contribution in [1.82, 2.24) is 0 Å². The third kappa shape index (κ3) is 3.25. The molecule has 2 aromatic rings. The summed E-state index contributed by atoms with van der Waals surface area (Å²) in [6, 6.07) is 11.4. The number of fused-ring (bicyclic) bond motifs is 2. The third-order valence-electron chi connectivity index (χ3n) is 3.64. The molecular weight excluding hydrogens is 291 g/mol. The van der Waals surface area contributed by atoms with Crippen LogP contribution in [0.5, 0.6) is 11.5 Å². The van der Waals surface area contributed by atoms with Gasteiger partial charge < -0.3 is 14.6 Å². The molecule has 0 unspecified atom stereocenters. The van der Waals surface area contributed by atoms with E-state index in [0.717, 1.165) is 35.3 Å². The van der Waals surface area contributed by atoms with Crippen LogP contribution in [0, 0.1) is 0 Å². The normalized spacial score (nSPS) is 11.7. The number of rotatable bonds is 3. The molecule has 4 heteroatoms. The summed E-state index contributed by atoms with van der Waals surface area (Å²) in [5, 5.41) is 11.5. The average molecular weight is 306 g/mol. The summed E-state index contributed by atoms with van der Waals surface area (Å²) in [7, 11) is 0. The maximum atomic E-state index is 11.5. The van der Waals surface area contributed by atoms with Gasteiger partial charge in [0.2, 0.25) is 0 Å². The number of aryl methyl sites for hydroxylation is 1. The van der Waals surface area contributed by atoms with Gasteiger partial charge in [0.1, 0.15) is 11.5 Å². The molecule has 3 nitrogen and oxygen atoms in total. The van der Waals surface area contributed by atoms with Crippen molar-refractivity contribution in [2.45, 2.75) is 26.2 Å². The number of carboxylic acids is 1. The van der Waals surface area contributed by atoms with Gasteiger partial charge in [-0.2, -0.15) is 0 Å². The third-order valence-corrected chi connectivity index (χ3v) is 3.64. The van der Waals surface area contributed by atoms with Crippen molar-refractivity contribution in [3.63, 3.8) is 0 Å². The van der Waals surface area contributed by atoms with Gasteiger partial charge >= 0.3 is 51.4 Å². The van der Waals surface area contributed by atoms with Gasteiger partial charge in [0.15, 0.2) is 0 Å². The number of para-hydroxylation sites is 1. The van der Waals surface area contributed by atoms with Crippen LogP contribution < -0.4 is 61.2 Å². The van der Waals surface area contributed by atoms with Crippen molar-refractivity contribution in [2.24, 2.45) is 0 Å². The maximum Gasteiger partial charge on any atom is 1.00 e. The SMILES string of the molecule is CCCc1ccc2c(c1C(=O)[O-])Cc1ccccc1O2.[K+]. The Morgan fingerprint density at radius 1 is 1.19 bits per heavy atom. The van der Waals surface area contributed by atoms with Gasteiger partial charge in [-0.1, -0.05) is 37.6 Å². The van der Waals surface area contributed by atoms with Crippen molar-refractivity contribution < 1.29 is 66.0 Å². The standard InChI is InChI=1S/C17H16O3.K/c1-2-5-11-8-9-15-13(16(11)17(18)19)10-12-6-3-4-7-14(12)20-15;/h3-4,6-9H,2,5,10H2,1H3,(H,18,19);/q;+1/p-1. The Morgan fingerprint density at radius 3 is 2.67 bits per heavy atom. The molecule has 1 heterocycles. The number of benzene rings is 2. The van der Waals surface area contributed by atoms with Crippen LogP contribution in [0.15, 0.2) is 36.4 Å². The molecule has 0 bridgehead atoms. The Balaban J connectivity index is 0.00000161. The van der Waals surface area contributed by atoms with Gasteiger partial charge in [-0.05, 0) is 29.7 Å². The second-order valence-corrected chi connectivity index (χ2v) is 5.00. The predicted molar refractivity (Wildman–Crippen MR) is 74.1 cm³/mol. The molecule has 1 aliphatic rings. The second-order valence-electron chi connectivity index (χ2n) is 5.00. The van der Waals surface area contributed by atoms with Gasteiger partial charge in [0.05, 0.1) is 5.97 Å². The van der Waals surface area contributed by atoms with Crippen LogP contribution in [-0.2, 0) is 12.8 Å². The maximum absolute atomic E-state index is 11.5. The minimum absolute atomic E-state index is 0. The van der Waals surface area contributed by atoms with Crippen LogP contribution in [0.25, 0.3) is 0 Å². The number of aromatic carboxylic acids is 1. The van der Waals surface area contributed by atoms with Gasteiger partial charge in [0.25, 0.3) is 0 Å². The van der Waals surface area contributed by atoms with Crippen molar-refractivity contribution >= 4 is 5.97 Å². The minimum atomic E-state index is -1.12. The molecule has 0 radical (unpaired) electrons. The van der Waals surface area contributed by atoms with E-state index in [4.69, 9.17) is 4.74 Å². The number of carbonyl (C=O) groups excluding carboxylic acids is 1. The first-order valence-corrected chi connectivity index (χ1v) is 6.82. The van der Waals surface area contributed by atoms with Gasteiger partial charge in [-0.3, -0.25) is 0 Å². The zero-order valence-electron chi connectivity index (χ0n) is 12.3. The van der Waals surface area contributed by atoms with E-state index in [9.17, 15) is 9.90 Å². The molecule has 0 saturated heterocycles. The topological polar surface area (TPSA) is 49.4 Å². The summed E-state index contributed by atoms with van der Waals surface area (Å²) in [6.07, 6.45) is 2.21. The molecule has 0 aliphatic carbocycles. The summed E-state index contributed by atoms with van der Waals surface area (Å²) in [5.74, 6) is 0.309. The van der Waals surface area contributed by atoms with Crippen LogP contribution in [-0.4, -0.2) is 5.97 Å². The molecule has 0 amide bonds. The van der Waals surface area contributed by atoms with E-state index in [2.05, 4.69) is 0 Å². The Morgan fingerprint density at radius 2 is 1.95 bits per heavy atom. The fourth-order valence-electron chi connectivity index (χ4n) is 2.74. The summed E-state index contributed by atoms with van der Waals surface area (Å²) in [6.45, 7) is 2.03. The first-order chi connectivity index (χ1) is 9.70. The summed E-state index contributed by atoms with van der Waals surface area (Å²) >= 11 is 0. The predicted octanol–water partition coefficient (Wildman–Crippen LogP) is -0.297. The van der Waals surface area contributed by atoms with Crippen LogP contribution in [0.3, 0.4) is 0 Å². The zero-order chi connectivity index (χ0) is 14.1. The summed E-state index contributed by atoms with van der Waals surface area (Å²) in [4.78, 5) is 11.5. The number of hydrogen-bond acceptors (Lipinski definition) is 3. The molecule has 3 rings (SSSR count). The molecule has 0 saturated carbocycles. The van der Waals surface area contributed by atoms with E-state index in [1.54, 1.807) is 0 Å². The molecule has 0 fully saturated rings. The number of ether oxygens (including phenoxy) is 1. The van der Waals surface area contributed by atoms with E-state index >= 15 is 0 Å². The van der Waals surface area contributed by atoms with Crippen molar-refractivity contribution in [1.29, 1.82) is 0 Å². The quantitative estimate of drug-likeness (QED) is 0.625. The molecule has 0 atom stereocenters. The minimum Gasteiger partial charge on any atom is -0.545 e. The van der Waals surface area contributed by atoms with Crippen molar-refractivity contribution in [2.75, 3.05) is 0 Å². The molecule has 1 aliphatic heterocycles. The van der Waals surface area contributed by atoms with Crippen LogP contribution >= 0.6 is 0 Å². The smallest absolute Gasteiger partial charge is 0.545 e. The first-order valence-electron chi connectivity index (χ1n) is 6.82. The largest absolute Gasteiger partial charge is 1.00 e. The fraction of sp³-hybridized carbons (Fsp3) is 0.235. The second kappa shape index (κ2) is 7.07. The first kappa shape index (κ1) is 16.7. The zero-order valence-corrected chi connectivity index (χ0v) is 15.4. The van der Waals surface area contributed by atoms with Gasteiger partial charge in [0, 0.05) is 17.5 Å².